The minimum absolute atomic E-state index is 0.0601. The Labute approximate surface area is 96.7 Å². The second-order valence-electron chi connectivity index (χ2n) is 4.89. The van der Waals surface area contributed by atoms with Gasteiger partial charge in [0.2, 0.25) is 0 Å². The maximum atomic E-state index is 5.81. The zero-order chi connectivity index (χ0) is 11.6. The molecule has 1 rings (SSSR count). The number of hydrogen-bond donors (Lipinski definition) is 1. The van der Waals surface area contributed by atoms with Crippen molar-refractivity contribution >= 4 is 11.8 Å². The minimum atomic E-state index is 0.0601. The van der Waals surface area contributed by atoms with Crippen LogP contribution in [0.15, 0.2) is 17.3 Å². The summed E-state index contributed by atoms with van der Waals surface area (Å²) in [6.07, 6.45) is 1.88. The molecule has 0 saturated carbocycles. The molecule has 0 spiro atoms. The second-order valence-corrected chi connectivity index (χ2v) is 6.71. The lowest BCUT2D eigenvalue weighted by atomic mass is 10.1. The number of nitrogens with zero attached hydrogens (tertiary/aromatic N) is 1. The van der Waals surface area contributed by atoms with Gasteiger partial charge >= 0.3 is 0 Å². The van der Waals surface area contributed by atoms with Crippen LogP contribution in [-0.2, 0) is 0 Å². The Morgan fingerprint density at radius 2 is 2.00 bits per heavy atom. The van der Waals surface area contributed by atoms with Gasteiger partial charge in [-0.3, -0.25) is 0 Å². The molecule has 1 aromatic heterocycles. The van der Waals surface area contributed by atoms with Crippen molar-refractivity contribution in [1.29, 1.82) is 0 Å². The summed E-state index contributed by atoms with van der Waals surface area (Å²) in [6, 6.07) is 2.19. The van der Waals surface area contributed by atoms with Crippen molar-refractivity contribution in [1.82, 2.24) is 4.98 Å². The van der Waals surface area contributed by atoms with E-state index in [1.807, 2.05) is 13.1 Å². The van der Waals surface area contributed by atoms with Gasteiger partial charge in [-0.25, -0.2) is 4.98 Å². The fraction of sp³-hybridized carbons (Fsp3) is 0.583. The van der Waals surface area contributed by atoms with Crippen LogP contribution in [0.1, 0.15) is 44.9 Å². The Bertz CT molecular complexity index is 340. The Morgan fingerprint density at radius 1 is 1.40 bits per heavy atom. The van der Waals surface area contributed by atoms with Gasteiger partial charge in [0.1, 0.15) is 0 Å². The maximum absolute atomic E-state index is 5.81. The van der Waals surface area contributed by atoms with E-state index >= 15 is 0 Å². The Balaban J connectivity index is 2.94. The van der Waals surface area contributed by atoms with Crippen molar-refractivity contribution in [3.63, 3.8) is 0 Å². The summed E-state index contributed by atoms with van der Waals surface area (Å²) in [5, 5.41) is 1.10. The van der Waals surface area contributed by atoms with E-state index in [1.165, 1.54) is 5.56 Å². The molecule has 0 aliphatic heterocycles. The van der Waals surface area contributed by atoms with E-state index in [4.69, 9.17) is 5.73 Å². The lowest BCUT2D eigenvalue weighted by Crippen LogP contribution is -2.10. The van der Waals surface area contributed by atoms with Gasteiger partial charge in [-0.2, -0.15) is 0 Å². The van der Waals surface area contributed by atoms with Crippen LogP contribution in [0.4, 0.5) is 0 Å². The van der Waals surface area contributed by atoms with Crippen LogP contribution in [-0.4, -0.2) is 9.73 Å². The maximum Gasteiger partial charge on any atom is 0.0994 e. The molecule has 0 aromatic carbocycles. The van der Waals surface area contributed by atoms with E-state index in [-0.39, 0.29) is 10.8 Å². The van der Waals surface area contributed by atoms with Gasteiger partial charge in [0, 0.05) is 17.0 Å². The summed E-state index contributed by atoms with van der Waals surface area (Å²) in [4.78, 5) is 4.47. The number of aryl methyl sites for hydroxylation is 1. The van der Waals surface area contributed by atoms with Gasteiger partial charge in [0.05, 0.1) is 5.03 Å². The Kier molecular flexibility index (Phi) is 3.79. The summed E-state index contributed by atoms with van der Waals surface area (Å²) >= 11 is 1.80. The first-order chi connectivity index (χ1) is 6.79. The zero-order valence-electron chi connectivity index (χ0n) is 10.2. The zero-order valence-corrected chi connectivity index (χ0v) is 11.0. The van der Waals surface area contributed by atoms with Crippen molar-refractivity contribution in [2.75, 3.05) is 0 Å². The van der Waals surface area contributed by atoms with Crippen LogP contribution in [0.25, 0.3) is 0 Å². The van der Waals surface area contributed by atoms with Crippen molar-refractivity contribution in [3.8, 4) is 0 Å². The van der Waals surface area contributed by atoms with Gasteiger partial charge in [0.25, 0.3) is 0 Å². The van der Waals surface area contributed by atoms with Crippen LogP contribution >= 0.6 is 11.8 Å². The molecule has 15 heavy (non-hydrogen) atoms. The largest absolute Gasteiger partial charge is 0.324 e. The van der Waals surface area contributed by atoms with E-state index < -0.39 is 0 Å². The molecule has 0 bridgehead atoms. The molecule has 2 nitrogen and oxygen atoms in total. The fourth-order valence-corrected chi connectivity index (χ4v) is 2.14. The summed E-state index contributed by atoms with van der Waals surface area (Å²) in [5.41, 5.74) is 8.13. The Morgan fingerprint density at radius 3 is 2.40 bits per heavy atom. The topological polar surface area (TPSA) is 38.9 Å². The monoisotopic (exact) mass is 224 g/mol. The predicted molar refractivity (Wildman–Crippen MR) is 67.2 cm³/mol. The predicted octanol–water partition coefficient (Wildman–Crippen LogP) is 3.30. The van der Waals surface area contributed by atoms with Crippen LogP contribution in [0, 0.1) is 6.92 Å². The molecule has 0 aliphatic carbocycles. The number of rotatable bonds is 2. The first-order valence-electron chi connectivity index (χ1n) is 5.21. The molecule has 1 unspecified atom stereocenters. The van der Waals surface area contributed by atoms with Crippen molar-refractivity contribution in [2.24, 2.45) is 5.73 Å². The summed E-state index contributed by atoms with van der Waals surface area (Å²) < 4.78 is 0.202. The standard InChI is InChI=1S/C12H20N2S/c1-8-6-10(9(2)13)7-14-11(8)15-12(3,4)5/h6-7,9H,13H2,1-5H3. The Hall–Kier alpha value is -0.540. The molecule has 0 amide bonds. The SMILES string of the molecule is Cc1cc(C(C)N)cnc1SC(C)(C)C. The number of aromatic nitrogens is 1. The molecular weight excluding hydrogens is 204 g/mol. The van der Waals surface area contributed by atoms with Gasteiger partial charge in [-0.15, -0.1) is 11.8 Å². The highest BCUT2D eigenvalue weighted by Gasteiger charge is 2.15. The molecule has 0 saturated heterocycles. The van der Waals surface area contributed by atoms with E-state index in [1.54, 1.807) is 11.8 Å². The van der Waals surface area contributed by atoms with Crippen LogP contribution < -0.4 is 5.73 Å². The molecule has 1 atom stereocenters. The lowest BCUT2D eigenvalue weighted by Gasteiger charge is -2.18. The highest BCUT2D eigenvalue weighted by Crippen LogP contribution is 2.32. The van der Waals surface area contributed by atoms with Crippen molar-refractivity contribution < 1.29 is 0 Å². The average molecular weight is 224 g/mol. The number of thioether (sulfide) groups is 1. The third-order valence-corrected chi connectivity index (χ3v) is 3.21. The third kappa shape index (κ3) is 3.84. The quantitative estimate of drug-likeness (QED) is 0.783. The second kappa shape index (κ2) is 4.54. The highest BCUT2D eigenvalue weighted by atomic mass is 32.2. The average Bonchev–Trinajstić information content (AvgIpc) is 2.05. The molecule has 3 heteroatoms. The van der Waals surface area contributed by atoms with Crippen molar-refractivity contribution in [2.45, 2.75) is 50.4 Å². The fourth-order valence-electron chi connectivity index (χ4n) is 1.23. The van der Waals surface area contributed by atoms with E-state index in [0.717, 1.165) is 10.6 Å². The van der Waals surface area contributed by atoms with Gasteiger partial charge in [-0.05, 0) is 25.0 Å². The minimum Gasteiger partial charge on any atom is -0.324 e. The molecule has 2 N–H and O–H groups in total. The van der Waals surface area contributed by atoms with Crippen LogP contribution in [0.5, 0.6) is 0 Å². The molecular formula is C12H20N2S. The summed E-state index contributed by atoms with van der Waals surface area (Å²) in [6.45, 7) is 10.6. The molecule has 0 fully saturated rings. The number of pyridine rings is 1. The molecule has 0 aliphatic rings. The molecule has 1 heterocycles. The van der Waals surface area contributed by atoms with Gasteiger partial charge < -0.3 is 5.73 Å². The smallest absolute Gasteiger partial charge is 0.0994 e. The summed E-state index contributed by atoms with van der Waals surface area (Å²) in [5.74, 6) is 0. The van der Waals surface area contributed by atoms with E-state index in [0.29, 0.717) is 0 Å². The number of nitrogens with two attached hydrogens (primary N) is 1. The molecule has 84 valence electrons. The van der Waals surface area contributed by atoms with E-state index in [2.05, 4.69) is 38.7 Å². The van der Waals surface area contributed by atoms with Crippen LogP contribution in [0.2, 0.25) is 0 Å². The third-order valence-electron chi connectivity index (χ3n) is 1.98. The van der Waals surface area contributed by atoms with Crippen LogP contribution in [0.3, 0.4) is 0 Å². The van der Waals surface area contributed by atoms with Gasteiger partial charge in [0.15, 0.2) is 0 Å². The normalized spacial score (nSPS) is 14.0. The highest BCUT2D eigenvalue weighted by molar-refractivity contribution is 8.00. The van der Waals surface area contributed by atoms with Crippen molar-refractivity contribution in [3.05, 3.63) is 23.4 Å². The number of hydrogen-bond acceptors (Lipinski definition) is 3. The van der Waals surface area contributed by atoms with E-state index in [9.17, 15) is 0 Å². The first-order valence-corrected chi connectivity index (χ1v) is 6.02. The molecule has 1 aromatic rings. The van der Waals surface area contributed by atoms with Gasteiger partial charge in [-0.1, -0.05) is 26.8 Å². The summed E-state index contributed by atoms with van der Waals surface area (Å²) in [7, 11) is 0. The molecule has 0 radical (unpaired) electrons. The lowest BCUT2D eigenvalue weighted by molar-refractivity contribution is 0.788. The first kappa shape index (κ1) is 12.5.